The molecule has 0 aliphatic carbocycles. The van der Waals surface area contributed by atoms with Crippen molar-refractivity contribution in [3.63, 3.8) is 0 Å². The molecule has 0 bridgehead atoms. The number of ether oxygens (including phenoxy) is 1. The molecule has 0 saturated carbocycles. The number of pyridine rings is 1. The van der Waals surface area contributed by atoms with E-state index in [0.29, 0.717) is 22.0 Å². The highest BCUT2D eigenvalue weighted by atomic mass is 35.5. The lowest BCUT2D eigenvalue weighted by Crippen LogP contribution is -2.13. The summed E-state index contributed by atoms with van der Waals surface area (Å²) in [4.78, 5) is 16.6. The Labute approximate surface area is 138 Å². The van der Waals surface area contributed by atoms with Crippen LogP contribution in [-0.4, -0.2) is 10.9 Å². The van der Waals surface area contributed by atoms with Gasteiger partial charge < -0.3 is 10.1 Å². The Bertz CT molecular complexity index is 822. The van der Waals surface area contributed by atoms with Crippen LogP contribution in [0.25, 0.3) is 0 Å². The van der Waals surface area contributed by atoms with E-state index in [-0.39, 0.29) is 11.8 Å². The summed E-state index contributed by atoms with van der Waals surface area (Å²) in [5.74, 6) is 0.453. The van der Waals surface area contributed by atoms with E-state index in [1.165, 1.54) is 0 Å². The van der Waals surface area contributed by atoms with Gasteiger partial charge in [-0.15, -0.1) is 0 Å². The molecule has 0 radical (unpaired) electrons. The van der Waals surface area contributed by atoms with Crippen LogP contribution < -0.4 is 10.1 Å². The average molecular weight is 325 g/mol. The highest BCUT2D eigenvalue weighted by Gasteiger charge is 2.14. The molecule has 3 rings (SSSR count). The van der Waals surface area contributed by atoms with Gasteiger partial charge in [-0.2, -0.15) is 0 Å². The fraction of sp³-hybridized carbons (Fsp3) is 0. The second kappa shape index (κ2) is 6.94. The van der Waals surface area contributed by atoms with E-state index in [1.807, 2.05) is 30.3 Å². The number of nitrogens with zero attached hydrogens (tertiary/aromatic N) is 1. The molecule has 0 atom stereocenters. The van der Waals surface area contributed by atoms with Crippen LogP contribution >= 0.6 is 11.6 Å². The van der Waals surface area contributed by atoms with Gasteiger partial charge in [-0.3, -0.25) is 4.79 Å². The highest BCUT2D eigenvalue weighted by Crippen LogP contribution is 2.25. The summed E-state index contributed by atoms with van der Waals surface area (Å²) in [6.45, 7) is 0. The zero-order valence-electron chi connectivity index (χ0n) is 12.1. The molecule has 1 amide bonds. The molecule has 1 aromatic heterocycles. The molecule has 5 heteroatoms. The Morgan fingerprint density at radius 2 is 1.83 bits per heavy atom. The van der Waals surface area contributed by atoms with Crippen LogP contribution in [0.5, 0.6) is 11.6 Å². The van der Waals surface area contributed by atoms with Crippen LogP contribution in [0.1, 0.15) is 10.4 Å². The maximum atomic E-state index is 12.4. The average Bonchev–Trinajstić information content (AvgIpc) is 2.56. The number of amides is 1. The Balaban J connectivity index is 1.84. The molecule has 3 aromatic rings. The largest absolute Gasteiger partial charge is 0.438 e. The minimum atomic E-state index is -0.290. The number of hydrogen-bond donors (Lipinski definition) is 1. The van der Waals surface area contributed by atoms with Crippen molar-refractivity contribution in [1.29, 1.82) is 0 Å². The van der Waals surface area contributed by atoms with Gasteiger partial charge in [0.2, 0.25) is 5.88 Å². The zero-order chi connectivity index (χ0) is 16.1. The standard InChI is InChI=1S/C18H13ClN2O2/c19-13-6-4-9-15(12-13)23-18-16(10-5-11-20-18)17(22)21-14-7-2-1-3-8-14/h1-12H,(H,21,22). The summed E-state index contributed by atoms with van der Waals surface area (Å²) in [7, 11) is 0. The lowest BCUT2D eigenvalue weighted by molar-refractivity contribution is 0.102. The van der Waals surface area contributed by atoms with Crippen LogP contribution in [-0.2, 0) is 0 Å². The molecule has 4 nitrogen and oxygen atoms in total. The van der Waals surface area contributed by atoms with Crippen LogP contribution in [0.3, 0.4) is 0 Å². The van der Waals surface area contributed by atoms with Crippen molar-refractivity contribution in [3.8, 4) is 11.6 Å². The number of nitrogens with one attached hydrogen (secondary N) is 1. The monoisotopic (exact) mass is 324 g/mol. The van der Waals surface area contributed by atoms with Crippen LogP contribution in [0.2, 0.25) is 5.02 Å². The smallest absolute Gasteiger partial charge is 0.261 e. The van der Waals surface area contributed by atoms with Gasteiger partial charge in [0.05, 0.1) is 0 Å². The van der Waals surface area contributed by atoms with Gasteiger partial charge in [0.15, 0.2) is 0 Å². The van der Waals surface area contributed by atoms with Crippen molar-refractivity contribution < 1.29 is 9.53 Å². The van der Waals surface area contributed by atoms with Gasteiger partial charge in [-0.05, 0) is 42.5 Å². The Morgan fingerprint density at radius 3 is 2.61 bits per heavy atom. The second-order valence-corrected chi connectivity index (χ2v) is 5.17. The Hall–Kier alpha value is -2.85. The molecular formula is C18H13ClN2O2. The van der Waals surface area contributed by atoms with Gasteiger partial charge in [-0.1, -0.05) is 35.9 Å². The predicted octanol–water partition coefficient (Wildman–Crippen LogP) is 4.78. The van der Waals surface area contributed by atoms with E-state index in [9.17, 15) is 4.79 Å². The number of carbonyl (C=O) groups excluding carboxylic acids is 1. The molecule has 114 valence electrons. The number of rotatable bonds is 4. The van der Waals surface area contributed by atoms with Gasteiger partial charge in [0.1, 0.15) is 11.3 Å². The minimum absolute atomic E-state index is 0.225. The number of para-hydroxylation sites is 1. The number of aromatic nitrogens is 1. The SMILES string of the molecule is O=C(Nc1ccccc1)c1cccnc1Oc1cccc(Cl)c1. The minimum Gasteiger partial charge on any atom is -0.438 e. The predicted molar refractivity (Wildman–Crippen MR) is 90.2 cm³/mol. The molecule has 0 aliphatic rings. The maximum Gasteiger partial charge on any atom is 0.261 e. The van der Waals surface area contributed by atoms with Gasteiger partial charge >= 0.3 is 0 Å². The second-order valence-electron chi connectivity index (χ2n) is 4.74. The number of carbonyl (C=O) groups is 1. The fourth-order valence-electron chi connectivity index (χ4n) is 2.01. The van der Waals surface area contributed by atoms with Crippen molar-refractivity contribution in [2.75, 3.05) is 5.32 Å². The van der Waals surface area contributed by atoms with E-state index in [0.717, 1.165) is 0 Å². The lowest BCUT2D eigenvalue weighted by atomic mass is 10.2. The summed E-state index contributed by atoms with van der Waals surface area (Å²) >= 11 is 5.94. The third kappa shape index (κ3) is 3.87. The van der Waals surface area contributed by atoms with Gasteiger partial charge in [0.25, 0.3) is 5.91 Å². The fourth-order valence-corrected chi connectivity index (χ4v) is 2.19. The van der Waals surface area contributed by atoms with E-state index in [2.05, 4.69) is 10.3 Å². The molecule has 0 aliphatic heterocycles. The molecule has 0 spiro atoms. The van der Waals surface area contributed by atoms with Crippen molar-refractivity contribution in [3.05, 3.63) is 83.5 Å². The Kier molecular flexibility index (Phi) is 4.54. The summed E-state index contributed by atoms with van der Waals surface area (Å²) in [5, 5.41) is 3.36. The van der Waals surface area contributed by atoms with Crippen LogP contribution in [0.15, 0.2) is 72.9 Å². The quantitative estimate of drug-likeness (QED) is 0.751. The summed E-state index contributed by atoms with van der Waals surface area (Å²) < 4.78 is 5.69. The highest BCUT2D eigenvalue weighted by molar-refractivity contribution is 6.30. The van der Waals surface area contributed by atoms with Gasteiger partial charge in [-0.25, -0.2) is 4.98 Å². The van der Waals surface area contributed by atoms with E-state index >= 15 is 0 Å². The van der Waals surface area contributed by atoms with E-state index in [4.69, 9.17) is 16.3 Å². The van der Waals surface area contributed by atoms with E-state index < -0.39 is 0 Å². The first kappa shape index (κ1) is 15.1. The Morgan fingerprint density at radius 1 is 1.00 bits per heavy atom. The number of anilines is 1. The summed E-state index contributed by atoms with van der Waals surface area (Å²) in [6.07, 6.45) is 1.57. The molecule has 23 heavy (non-hydrogen) atoms. The van der Waals surface area contributed by atoms with Crippen molar-refractivity contribution in [2.45, 2.75) is 0 Å². The first-order chi connectivity index (χ1) is 11.2. The zero-order valence-corrected chi connectivity index (χ0v) is 12.8. The molecule has 0 saturated heterocycles. The number of halogens is 1. The summed E-state index contributed by atoms with van der Waals surface area (Å²) in [5.41, 5.74) is 1.05. The first-order valence-corrected chi connectivity index (χ1v) is 7.35. The lowest BCUT2D eigenvalue weighted by Gasteiger charge is -2.10. The van der Waals surface area contributed by atoms with Crippen molar-refractivity contribution >= 4 is 23.2 Å². The number of hydrogen-bond acceptors (Lipinski definition) is 3. The molecule has 1 N–H and O–H groups in total. The van der Waals surface area contributed by atoms with Gasteiger partial charge in [0, 0.05) is 16.9 Å². The van der Waals surface area contributed by atoms with Crippen LogP contribution in [0, 0.1) is 0 Å². The number of benzene rings is 2. The van der Waals surface area contributed by atoms with Crippen molar-refractivity contribution in [2.24, 2.45) is 0 Å². The normalized spacial score (nSPS) is 10.1. The molecule has 1 heterocycles. The third-order valence-electron chi connectivity index (χ3n) is 3.06. The molecular weight excluding hydrogens is 312 g/mol. The van der Waals surface area contributed by atoms with E-state index in [1.54, 1.807) is 42.6 Å². The molecule has 2 aromatic carbocycles. The summed E-state index contributed by atoms with van der Waals surface area (Å²) in [6, 6.07) is 19.5. The maximum absolute atomic E-state index is 12.4. The third-order valence-corrected chi connectivity index (χ3v) is 3.29. The van der Waals surface area contributed by atoms with Crippen LogP contribution in [0.4, 0.5) is 5.69 Å². The van der Waals surface area contributed by atoms with Crippen molar-refractivity contribution in [1.82, 2.24) is 4.98 Å². The first-order valence-electron chi connectivity index (χ1n) is 6.97. The molecule has 0 unspecified atom stereocenters. The topological polar surface area (TPSA) is 51.2 Å². The molecule has 0 fully saturated rings.